The zero-order valence-electron chi connectivity index (χ0n) is 23.5. The number of aliphatic hydroxyl groups excluding tert-OH is 1. The van der Waals surface area contributed by atoms with Crippen LogP contribution in [0.2, 0.25) is 0 Å². The number of hydrogen-bond donors (Lipinski definition) is 1. The smallest absolute Gasteiger partial charge is 0.445 e. The van der Waals surface area contributed by atoms with Crippen LogP contribution in [0.5, 0.6) is 11.5 Å². The average Bonchev–Trinajstić information content (AvgIpc) is 3.04. The normalized spacial score (nSPS) is 11.1. The molecule has 0 spiro atoms. The molecule has 0 fully saturated rings. The van der Waals surface area contributed by atoms with Crippen LogP contribution in [0.25, 0.3) is 0 Å². The van der Waals surface area contributed by atoms with E-state index in [0.717, 1.165) is 16.7 Å². The van der Waals surface area contributed by atoms with E-state index in [-0.39, 0.29) is 43.4 Å². The molecule has 4 aromatic rings. The van der Waals surface area contributed by atoms with Crippen molar-refractivity contribution in [3.63, 3.8) is 0 Å². The van der Waals surface area contributed by atoms with Crippen molar-refractivity contribution in [3.05, 3.63) is 131 Å². The van der Waals surface area contributed by atoms with E-state index in [0.29, 0.717) is 0 Å². The summed E-state index contributed by atoms with van der Waals surface area (Å²) in [6, 6.07) is 31.3. The third-order valence-electron chi connectivity index (χ3n) is 6.10. The predicted molar refractivity (Wildman–Crippen MR) is 155 cm³/mol. The SMILES string of the molecule is CN(C[C@H](O)c1ccc(OC(=O)OCc2ccccc2)c(OC(=O)OCc2ccccc2)c1)C(=O)OCc1ccccc1. The van der Waals surface area contributed by atoms with Crippen molar-refractivity contribution in [2.24, 2.45) is 0 Å². The van der Waals surface area contributed by atoms with E-state index in [9.17, 15) is 19.5 Å². The average molecular weight is 586 g/mol. The molecule has 0 aliphatic rings. The summed E-state index contributed by atoms with van der Waals surface area (Å²) in [5.74, 6) is -0.332. The standard InChI is InChI=1S/C33H31NO9/c1-34(31(36)39-21-24-11-5-2-6-12-24)20-28(35)27-17-18-29(42-32(37)40-22-25-13-7-3-8-14-25)30(19-27)43-33(38)41-23-26-15-9-4-10-16-26/h2-19,28,35H,20-23H2,1H3/t28-/m0/s1. The molecule has 0 heterocycles. The summed E-state index contributed by atoms with van der Waals surface area (Å²) in [4.78, 5) is 38.6. The topological polar surface area (TPSA) is 121 Å². The van der Waals surface area contributed by atoms with Gasteiger partial charge in [0.25, 0.3) is 0 Å². The number of carbonyl (C=O) groups is 3. The van der Waals surface area contributed by atoms with Gasteiger partial charge in [-0.3, -0.25) is 0 Å². The number of rotatable bonds is 11. The van der Waals surface area contributed by atoms with Crippen LogP contribution in [-0.2, 0) is 34.0 Å². The summed E-state index contributed by atoms with van der Waals surface area (Å²) < 4.78 is 26.3. The summed E-state index contributed by atoms with van der Waals surface area (Å²) in [7, 11) is 1.48. The molecule has 0 saturated heterocycles. The minimum Gasteiger partial charge on any atom is -0.445 e. The maximum atomic E-state index is 12.5. The Balaban J connectivity index is 1.41. The van der Waals surface area contributed by atoms with Crippen LogP contribution in [0.15, 0.2) is 109 Å². The fraction of sp³-hybridized carbons (Fsp3) is 0.182. The second-order valence-corrected chi connectivity index (χ2v) is 9.40. The summed E-state index contributed by atoms with van der Waals surface area (Å²) in [5.41, 5.74) is 2.60. The second-order valence-electron chi connectivity index (χ2n) is 9.40. The first-order chi connectivity index (χ1) is 20.9. The first kappa shape index (κ1) is 30.6. The first-order valence-electron chi connectivity index (χ1n) is 13.4. The molecule has 0 bridgehead atoms. The third kappa shape index (κ3) is 9.91. The van der Waals surface area contributed by atoms with Crippen LogP contribution < -0.4 is 9.47 Å². The van der Waals surface area contributed by atoms with E-state index in [2.05, 4.69) is 0 Å². The monoisotopic (exact) mass is 585 g/mol. The molecule has 222 valence electrons. The lowest BCUT2D eigenvalue weighted by molar-refractivity contribution is 0.0777. The molecular formula is C33H31NO9. The maximum absolute atomic E-state index is 12.5. The van der Waals surface area contributed by atoms with Crippen LogP contribution in [-0.4, -0.2) is 42.0 Å². The van der Waals surface area contributed by atoms with Crippen LogP contribution >= 0.6 is 0 Å². The van der Waals surface area contributed by atoms with Gasteiger partial charge >= 0.3 is 18.4 Å². The number of aliphatic hydroxyl groups is 1. The quantitative estimate of drug-likeness (QED) is 0.121. The van der Waals surface area contributed by atoms with Gasteiger partial charge in [0.05, 0.1) is 12.6 Å². The Hall–Kier alpha value is -5.35. The van der Waals surface area contributed by atoms with Gasteiger partial charge in [0, 0.05) is 7.05 Å². The van der Waals surface area contributed by atoms with Crippen molar-refractivity contribution >= 4 is 18.4 Å². The molecular weight excluding hydrogens is 554 g/mol. The minimum atomic E-state index is -1.20. The lowest BCUT2D eigenvalue weighted by atomic mass is 10.1. The lowest BCUT2D eigenvalue weighted by Gasteiger charge is -2.21. The molecule has 4 rings (SSSR count). The minimum absolute atomic E-state index is 0.0293. The van der Waals surface area contributed by atoms with Crippen molar-refractivity contribution in [1.82, 2.24) is 4.90 Å². The van der Waals surface area contributed by atoms with Gasteiger partial charge in [0.1, 0.15) is 19.8 Å². The molecule has 10 nitrogen and oxygen atoms in total. The number of nitrogens with zero attached hydrogens (tertiary/aromatic N) is 1. The second kappa shape index (κ2) is 15.6. The van der Waals surface area contributed by atoms with Gasteiger partial charge in [-0.15, -0.1) is 0 Å². The Morgan fingerprint density at radius 3 is 1.56 bits per heavy atom. The highest BCUT2D eigenvalue weighted by atomic mass is 16.7. The summed E-state index contributed by atoms with van der Waals surface area (Å²) in [5, 5.41) is 10.9. The Morgan fingerprint density at radius 1 is 0.628 bits per heavy atom. The summed E-state index contributed by atoms with van der Waals surface area (Å²) >= 11 is 0. The number of hydrogen-bond acceptors (Lipinski definition) is 9. The number of likely N-dealkylation sites (N-methyl/N-ethyl adjacent to an activating group) is 1. The van der Waals surface area contributed by atoms with Crippen molar-refractivity contribution in [2.75, 3.05) is 13.6 Å². The zero-order valence-corrected chi connectivity index (χ0v) is 23.5. The molecule has 1 amide bonds. The van der Waals surface area contributed by atoms with Gasteiger partial charge in [-0.25, -0.2) is 14.4 Å². The van der Waals surface area contributed by atoms with Crippen molar-refractivity contribution in [2.45, 2.75) is 25.9 Å². The van der Waals surface area contributed by atoms with E-state index in [1.165, 1.54) is 30.1 Å². The molecule has 0 unspecified atom stereocenters. The predicted octanol–water partition coefficient (Wildman–Crippen LogP) is 6.42. The third-order valence-corrected chi connectivity index (χ3v) is 6.10. The maximum Gasteiger partial charge on any atom is 0.514 e. The molecule has 0 radical (unpaired) electrons. The fourth-order valence-corrected chi connectivity index (χ4v) is 3.84. The molecule has 0 saturated carbocycles. The van der Waals surface area contributed by atoms with Crippen LogP contribution in [0.1, 0.15) is 28.4 Å². The molecule has 0 aromatic heterocycles. The van der Waals surface area contributed by atoms with Crippen LogP contribution in [0, 0.1) is 0 Å². The Morgan fingerprint density at radius 2 is 1.07 bits per heavy atom. The number of benzene rings is 4. The van der Waals surface area contributed by atoms with E-state index in [4.69, 9.17) is 23.7 Å². The lowest BCUT2D eigenvalue weighted by Crippen LogP contribution is -2.31. The fourth-order valence-electron chi connectivity index (χ4n) is 3.84. The highest BCUT2D eigenvalue weighted by Gasteiger charge is 2.21. The van der Waals surface area contributed by atoms with E-state index >= 15 is 0 Å². The van der Waals surface area contributed by atoms with E-state index in [1.807, 2.05) is 54.6 Å². The van der Waals surface area contributed by atoms with Crippen molar-refractivity contribution in [1.29, 1.82) is 0 Å². The largest absolute Gasteiger partial charge is 0.514 e. The van der Waals surface area contributed by atoms with Crippen LogP contribution in [0.3, 0.4) is 0 Å². The molecule has 10 heteroatoms. The highest BCUT2D eigenvalue weighted by Crippen LogP contribution is 2.32. The van der Waals surface area contributed by atoms with Gasteiger partial charge in [-0.1, -0.05) is 97.1 Å². The Bertz CT molecular complexity index is 1480. The molecule has 1 N–H and O–H groups in total. The first-order valence-corrected chi connectivity index (χ1v) is 13.4. The summed E-state index contributed by atoms with van der Waals surface area (Å²) in [6.07, 6.45) is -3.92. The van der Waals surface area contributed by atoms with Gasteiger partial charge < -0.3 is 33.7 Å². The molecule has 0 aliphatic heterocycles. The number of ether oxygens (including phenoxy) is 5. The van der Waals surface area contributed by atoms with E-state index < -0.39 is 24.5 Å². The van der Waals surface area contributed by atoms with Gasteiger partial charge in [-0.2, -0.15) is 0 Å². The van der Waals surface area contributed by atoms with Gasteiger partial charge in [0.2, 0.25) is 0 Å². The number of amides is 1. The summed E-state index contributed by atoms with van der Waals surface area (Å²) in [6.45, 7) is -0.133. The molecule has 43 heavy (non-hydrogen) atoms. The molecule has 0 aliphatic carbocycles. The number of carbonyl (C=O) groups excluding carboxylic acids is 3. The van der Waals surface area contributed by atoms with Gasteiger partial charge in [0.15, 0.2) is 11.5 Å². The Labute approximate surface area is 248 Å². The molecule has 1 atom stereocenters. The van der Waals surface area contributed by atoms with Gasteiger partial charge in [-0.05, 0) is 34.4 Å². The molecule has 4 aromatic carbocycles. The van der Waals surface area contributed by atoms with E-state index in [1.54, 1.807) is 36.4 Å². The van der Waals surface area contributed by atoms with Crippen molar-refractivity contribution in [3.8, 4) is 11.5 Å². The highest BCUT2D eigenvalue weighted by molar-refractivity contribution is 5.69. The van der Waals surface area contributed by atoms with Crippen LogP contribution in [0.4, 0.5) is 14.4 Å². The Kier molecular flexibility index (Phi) is 11.1. The van der Waals surface area contributed by atoms with Crippen molar-refractivity contribution < 1.29 is 43.2 Å². The zero-order chi connectivity index (χ0) is 30.4.